The monoisotopic (exact) mass is 502 g/mol. The lowest BCUT2D eigenvalue weighted by Crippen LogP contribution is -2.15. The molecule has 0 radical (unpaired) electrons. The number of carbonyl (C=O) groups is 2. The van der Waals surface area contributed by atoms with E-state index in [9.17, 15) is 9.59 Å². The van der Waals surface area contributed by atoms with Crippen LogP contribution in [0.3, 0.4) is 0 Å². The molecule has 0 bridgehead atoms. The van der Waals surface area contributed by atoms with Crippen LogP contribution >= 0.6 is 0 Å². The molecule has 4 nitrogen and oxygen atoms in total. The van der Waals surface area contributed by atoms with Crippen LogP contribution in [0.2, 0.25) is 0 Å². The van der Waals surface area contributed by atoms with E-state index < -0.39 is 11.9 Å². The Morgan fingerprint density at radius 1 is 0.556 bits per heavy atom. The largest absolute Gasteiger partial charge is 0.462 e. The van der Waals surface area contributed by atoms with Crippen LogP contribution < -0.4 is 0 Å². The van der Waals surface area contributed by atoms with E-state index in [0.717, 1.165) is 25.7 Å². The van der Waals surface area contributed by atoms with Crippen molar-refractivity contribution in [3.63, 3.8) is 0 Å². The van der Waals surface area contributed by atoms with E-state index in [1.54, 1.807) is 24.3 Å². The van der Waals surface area contributed by atoms with Crippen molar-refractivity contribution in [1.82, 2.24) is 0 Å². The van der Waals surface area contributed by atoms with Gasteiger partial charge in [0.1, 0.15) is 0 Å². The van der Waals surface area contributed by atoms with Gasteiger partial charge in [0.2, 0.25) is 0 Å². The molecule has 0 saturated carbocycles. The standard InChI is InChI=1S/C24H38O4.C7H8.FH/c1-3-5-7-9-11-15-19-27-23(25)21-17-13-14-18-22(21)24(26)28-20-16-12-10-8-6-4-2;1-7-5-3-2-4-6-7;/h13-14,17-18H,3-12,15-16,19-20H2,1-2H3;2-6H,1H3;1H. The lowest BCUT2D eigenvalue weighted by molar-refractivity contribution is 0.0450. The van der Waals surface area contributed by atoms with Gasteiger partial charge in [0.05, 0.1) is 24.3 Å². The molecule has 36 heavy (non-hydrogen) atoms. The molecule has 0 unspecified atom stereocenters. The Morgan fingerprint density at radius 2 is 0.917 bits per heavy atom. The summed E-state index contributed by atoms with van der Waals surface area (Å²) < 4.78 is 10.7. The van der Waals surface area contributed by atoms with Gasteiger partial charge in [-0.3, -0.25) is 4.70 Å². The molecule has 0 aliphatic carbocycles. The predicted molar refractivity (Wildman–Crippen MR) is 147 cm³/mol. The second-order valence-corrected chi connectivity index (χ2v) is 9.01. The van der Waals surface area contributed by atoms with Crippen molar-refractivity contribution < 1.29 is 23.8 Å². The predicted octanol–water partition coefficient (Wildman–Crippen LogP) is 8.87. The van der Waals surface area contributed by atoms with Crippen LogP contribution in [0, 0.1) is 6.92 Å². The van der Waals surface area contributed by atoms with Crippen LogP contribution in [0.25, 0.3) is 0 Å². The zero-order chi connectivity index (χ0) is 25.6. The highest BCUT2D eigenvalue weighted by molar-refractivity contribution is 6.03. The minimum atomic E-state index is -0.444. The molecule has 0 aromatic heterocycles. The summed E-state index contributed by atoms with van der Waals surface area (Å²) in [4.78, 5) is 24.7. The topological polar surface area (TPSA) is 52.6 Å². The third kappa shape index (κ3) is 16.1. The van der Waals surface area contributed by atoms with Gasteiger partial charge < -0.3 is 9.47 Å². The molecule has 202 valence electrons. The maximum atomic E-state index is 12.4. The SMILES string of the molecule is CCCCCCCCOC(=O)c1ccccc1C(=O)OCCCCCCCC.Cc1ccccc1.F. The molecule has 0 aliphatic rings. The summed E-state index contributed by atoms with van der Waals surface area (Å²) in [5, 5.41) is 0. The molecule has 2 rings (SSSR count). The molecule has 0 saturated heterocycles. The van der Waals surface area contributed by atoms with Crippen LogP contribution in [-0.4, -0.2) is 25.2 Å². The van der Waals surface area contributed by atoms with E-state index in [1.807, 2.05) is 18.2 Å². The van der Waals surface area contributed by atoms with Crippen molar-refractivity contribution >= 4 is 11.9 Å². The van der Waals surface area contributed by atoms with Crippen LogP contribution in [0.1, 0.15) is 117 Å². The highest BCUT2D eigenvalue weighted by atomic mass is 19.0. The average Bonchev–Trinajstić information content (AvgIpc) is 2.88. The van der Waals surface area contributed by atoms with Gasteiger partial charge in [-0.1, -0.05) is 126 Å². The number of aryl methyl sites for hydroxylation is 1. The summed E-state index contributed by atoms with van der Waals surface area (Å²) in [6, 6.07) is 17.0. The summed E-state index contributed by atoms with van der Waals surface area (Å²) in [6.07, 6.45) is 13.6. The molecule has 0 amide bonds. The lowest BCUT2D eigenvalue weighted by atomic mass is 10.1. The second kappa shape index (κ2) is 22.8. The zero-order valence-corrected chi connectivity index (χ0v) is 22.6. The molecular formula is C31H47FO4. The fourth-order valence-corrected chi connectivity index (χ4v) is 3.62. The minimum Gasteiger partial charge on any atom is -0.462 e. The van der Waals surface area contributed by atoms with E-state index in [4.69, 9.17) is 9.47 Å². The molecule has 2 aromatic carbocycles. The molecule has 5 heteroatoms. The van der Waals surface area contributed by atoms with E-state index in [-0.39, 0.29) is 4.70 Å². The minimum absolute atomic E-state index is 0. The van der Waals surface area contributed by atoms with Crippen LogP contribution in [0.5, 0.6) is 0 Å². The Kier molecular flexibility index (Phi) is 21.1. The highest BCUT2D eigenvalue weighted by Crippen LogP contribution is 2.14. The summed E-state index contributed by atoms with van der Waals surface area (Å²) in [7, 11) is 0. The van der Waals surface area contributed by atoms with Crippen LogP contribution in [-0.2, 0) is 9.47 Å². The van der Waals surface area contributed by atoms with Gasteiger partial charge >= 0.3 is 11.9 Å². The number of benzene rings is 2. The van der Waals surface area contributed by atoms with Crippen molar-refractivity contribution in [2.75, 3.05) is 13.2 Å². The number of unbranched alkanes of at least 4 members (excludes halogenated alkanes) is 10. The fourth-order valence-electron chi connectivity index (χ4n) is 3.62. The smallest absolute Gasteiger partial charge is 0.339 e. The van der Waals surface area contributed by atoms with E-state index >= 15 is 0 Å². The van der Waals surface area contributed by atoms with Gasteiger partial charge in [-0.2, -0.15) is 0 Å². The van der Waals surface area contributed by atoms with Crippen LogP contribution in [0.4, 0.5) is 4.70 Å². The first kappa shape index (κ1) is 33.3. The molecule has 0 atom stereocenters. The Labute approximate surface area is 218 Å². The summed E-state index contributed by atoms with van der Waals surface area (Å²) in [5.74, 6) is -0.888. The second-order valence-electron chi connectivity index (χ2n) is 9.01. The maximum absolute atomic E-state index is 12.4. The molecular weight excluding hydrogens is 455 g/mol. The van der Waals surface area contributed by atoms with Gasteiger partial charge in [0.15, 0.2) is 0 Å². The molecule has 2 aromatic rings. The van der Waals surface area contributed by atoms with Crippen molar-refractivity contribution in [3.05, 3.63) is 71.3 Å². The van der Waals surface area contributed by atoms with Gasteiger partial charge in [-0.05, 0) is 31.9 Å². The molecule has 0 heterocycles. The van der Waals surface area contributed by atoms with E-state index in [1.165, 1.54) is 56.9 Å². The number of rotatable bonds is 16. The van der Waals surface area contributed by atoms with Crippen molar-refractivity contribution in [2.45, 2.75) is 97.8 Å². The Balaban J connectivity index is 0.00000131. The highest BCUT2D eigenvalue weighted by Gasteiger charge is 2.18. The normalized spacial score (nSPS) is 9.97. The first-order valence-electron chi connectivity index (χ1n) is 13.5. The zero-order valence-electron chi connectivity index (χ0n) is 22.6. The van der Waals surface area contributed by atoms with Crippen molar-refractivity contribution in [2.24, 2.45) is 0 Å². The summed E-state index contributed by atoms with van der Waals surface area (Å²) >= 11 is 0. The third-order valence-electron chi connectivity index (χ3n) is 5.77. The number of esters is 2. The quantitative estimate of drug-likeness (QED) is 0.170. The number of halogens is 1. The Hall–Kier alpha value is -2.69. The van der Waals surface area contributed by atoms with Gasteiger partial charge in [-0.15, -0.1) is 0 Å². The third-order valence-corrected chi connectivity index (χ3v) is 5.77. The van der Waals surface area contributed by atoms with Gasteiger partial charge in [0.25, 0.3) is 0 Å². The molecule has 0 N–H and O–H groups in total. The number of ether oxygens (including phenoxy) is 2. The Bertz CT molecular complexity index is 758. The Morgan fingerprint density at radius 3 is 1.28 bits per heavy atom. The average molecular weight is 503 g/mol. The fraction of sp³-hybridized carbons (Fsp3) is 0.548. The number of hydrogen-bond acceptors (Lipinski definition) is 4. The van der Waals surface area contributed by atoms with E-state index in [2.05, 4.69) is 32.9 Å². The molecule has 0 fully saturated rings. The van der Waals surface area contributed by atoms with Gasteiger partial charge in [-0.25, -0.2) is 9.59 Å². The maximum Gasteiger partial charge on any atom is 0.339 e. The summed E-state index contributed by atoms with van der Waals surface area (Å²) in [5.41, 5.74) is 1.91. The molecule has 0 spiro atoms. The van der Waals surface area contributed by atoms with Crippen molar-refractivity contribution in [3.8, 4) is 0 Å². The van der Waals surface area contributed by atoms with Crippen molar-refractivity contribution in [1.29, 1.82) is 0 Å². The van der Waals surface area contributed by atoms with E-state index in [0.29, 0.717) is 24.3 Å². The van der Waals surface area contributed by atoms with Gasteiger partial charge in [0, 0.05) is 0 Å². The van der Waals surface area contributed by atoms with Crippen LogP contribution in [0.15, 0.2) is 54.6 Å². The first-order chi connectivity index (χ1) is 17.1. The number of carbonyl (C=O) groups excluding carboxylic acids is 2. The molecule has 0 aliphatic heterocycles. The summed E-state index contributed by atoms with van der Waals surface area (Å²) in [6.45, 7) is 7.26. The lowest BCUT2D eigenvalue weighted by Gasteiger charge is -2.10. The number of hydrogen-bond donors (Lipinski definition) is 0. The first-order valence-corrected chi connectivity index (χ1v) is 13.5.